The molecule has 1 aromatic heterocycles. The molecule has 0 aliphatic rings. The zero-order valence-electron chi connectivity index (χ0n) is 10.5. The van der Waals surface area contributed by atoms with Crippen LogP contribution in [-0.4, -0.2) is 20.6 Å². The number of nitro benzene ring substituents is 1. The fraction of sp³-hybridized carbons (Fsp3) is 0.167. The average Bonchev–Trinajstić information content (AvgIpc) is 2.81. The molecule has 1 amide bonds. The van der Waals surface area contributed by atoms with Crippen molar-refractivity contribution in [2.45, 2.75) is 6.54 Å². The number of nitrogens with one attached hydrogen (secondary N) is 1. The number of hydrogen-bond donors (Lipinski definition) is 1. The van der Waals surface area contributed by atoms with E-state index in [1.165, 1.54) is 18.2 Å². The number of aryl methyl sites for hydroxylation is 1. The molecule has 1 N–H and O–H groups in total. The molecule has 1 heterocycles. The van der Waals surface area contributed by atoms with E-state index in [1.807, 2.05) is 0 Å². The summed E-state index contributed by atoms with van der Waals surface area (Å²) in [4.78, 5) is 22.3. The molecule has 1 aromatic carbocycles. The molecule has 0 unspecified atom stereocenters. The topological polar surface area (TPSA) is 90.1 Å². The lowest BCUT2D eigenvalue weighted by Crippen LogP contribution is -2.24. The van der Waals surface area contributed by atoms with Crippen LogP contribution in [0.3, 0.4) is 0 Å². The summed E-state index contributed by atoms with van der Waals surface area (Å²) >= 11 is 3.10. The van der Waals surface area contributed by atoms with Crippen molar-refractivity contribution >= 4 is 27.5 Å². The van der Waals surface area contributed by atoms with Gasteiger partial charge in [0.2, 0.25) is 0 Å². The standard InChI is InChI=1S/C12H11BrN4O3/c1-16-8(5-6-15-16)7-14-12(18)9-3-2-4-10(11(9)13)17(19)20/h2-6H,7H2,1H3,(H,14,18). The maximum absolute atomic E-state index is 12.1. The fourth-order valence-corrected chi connectivity index (χ4v) is 2.27. The predicted molar refractivity (Wildman–Crippen MR) is 75.2 cm³/mol. The number of benzene rings is 1. The van der Waals surface area contributed by atoms with Crippen molar-refractivity contribution in [3.8, 4) is 0 Å². The van der Waals surface area contributed by atoms with Crippen molar-refractivity contribution < 1.29 is 9.72 Å². The van der Waals surface area contributed by atoms with E-state index in [0.29, 0.717) is 6.54 Å². The van der Waals surface area contributed by atoms with E-state index < -0.39 is 4.92 Å². The number of hydrogen-bond acceptors (Lipinski definition) is 4. The number of carbonyl (C=O) groups excluding carboxylic acids is 1. The Balaban J connectivity index is 2.16. The van der Waals surface area contributed by atoms with Crippen molar-refractivity contribution in [2.75, 3.05) is 0 Å². The highest BCUT2D eigenvalue weighted by Crippen LogP contribution is 2.28. The first kappa shape index (κ1) is 14.2. The first-order valence-corrected chi connectivity index (χ1v) is 6.48. The van der Waals surface area contributed by atoms with Crippen LogP contribution in [0.25, 0.3) is 0 Å². The molecule has 7 nitrogen and oxygen atoms in total. The average molecular weight is 339 g/mol. The summed E-state index contributed by atoms with van der Waals surface area (Å²) in [6, 6.07) is 6.11. The number of nitrogens with zero attached hydrogens (tertiary/aromatic N) is 3. The molecule has 20 heavy (non-hydrogen) atoms. The third-order valence-electron chi connectivity index (χ3n) is 2.77. The van der Waals surface area contributed by atoms with Gasteiger partial charge < -0.3 is 5.32 Å². The van der Waals surface area contributed by atoms with Crippen LogP contribution in [0.5, 0.6) is 0 Å². The Morgan fingerprint density at radius 1 is 1.50 bits per heavy atom. The molecule has 104 valence electrons. The van der Waals surface area contributed by atoms with Gasteiger partial charge in [0, 0.05) is 19.3 Å². The Bertz CT molecular complexity index is 668. The van der Waals surface area contributed by atoms with Gasteiger partial charge in [-0.15, -0.1) is 0 Å². The summed E-state index contributed by atoms with van der Waals surface area (Å²) in [6.07, 6.45) is 1.63. The van der Waals surface area contributed by atoms with E-state index >= 15 is 0 Å². The van der Waals surface area contributed by atoms with Crippen LogP contribution in [0.4, 0.5) is 5.69 Å². The molecule has 2 aromatic rings. The molecule has 0 radical (unpaired) electrons. The Morgan fingerprint density at radius 3 is 2.85 bits per heavy atom. The van der Waals surface area contributed by atoms with Gasteiger partial charge in [-0.25, -0.2) is 0 Å². The van der Waals surface area contributed by atoms with Gasteiger partial charge in [-0.3, -0.25) is 19.6 Å². The molecule has 0 atom stereocenters. The number of amides is 1. The molecule has 0 fully saturated rings. The highest BCUT2D eigenvalue weighted by atomic mass is 79.9. The molecule has 8 heteroatoms. The monoisotopic (exact) mass is 338 g/mol. The maximum Gasteiger partial charge on any atom is 0.284 e. The van der Waals surface area contributed by atoms with Crippen LogP contribution < -0.4 is 5.32 Å². The Kier molecular flexibility index (Phi) is 4.14. The van der Waals surface area contributed by atoms with Crippen LogP contribution in [0.15, 0.2) is 34.9 Å². The highest BCUT2D eigenvalue weighted by molar-refractivity contribution is 9.10. The fourth-order valence-electron chi connectivity index (χ4n) is 1.68. The van der Waals surface area contributed by atoms with E-state index in [2.05, 4.69) is 26.3 Å². The minimum atomic E-state index is -0.540. The quantitative estimate of drug-likeness (QED) is 0.682. The molecular weight excluding hydrogens is 328 g/mol. The van der Waals surface area contributed by atoms with Crippen LogP contribution in [0.2, 0.25) is 0 Å². The van der Waals surface area contributed by atoms with E-state index in [4.69, 9.17) is 0 Å². The summed E-state index contributed by atoms with van der Waals surface area (Å²) in [5.41, 5.74) is 0.916. The van der Waals surface area contributed by atoms with Crippen molar-refractivity contribution in [2.24, 2.45) is 7.05 Å². The molecule has 0 aliphatic carbocycles. The number of rotatable bonds is 4. The van der Waals surface area contributed by atoms with E-state index in [1.54, 1.807) is 24.0 Å². The smallest absolute Gasteiger partial charge is 0.284 e. The number of halogens is 1. The Labute approximate surface area is 122 Å². The van der Waals surface area contributed by atoms with Crippen molar-refractivity contribution in [3.05, 3.63) is 56.3 Å². The first-order valence-electron chi connectivity index (χ1n) is 5.68. The molecule has 2 rings (SSSR count). The number of aromatic nitrogens is 2. The third-order valence-corrected chi connectivity index (χ3v) is 3.61. The lowest BCUT2D eigenvalue weighted by Gasteiger charge is -2.07. The van der Waals surface area contributed by atoms with Crippen molar-refractivity contribution in [1.29, 1.82) is 0 Å². The zero-order valence-corrected chi connectivity index (χ0v) is 12.1. The Morgan fingerprint density at radius 2 is 2.25 bits per heavy atom. The minimum absolute atomic E-state index is 0.141. The maximum atomic E-state index is 12.1. The van der Waals surface area contributed by atoms with Crippen LogP contribution in [0.1, 0.15) is 16.1 Å². The molecule has 0 aliphatic heterocycles. The van der Waals surface area contributed by atoms with Gasteiger partial charge in [0.25, 0.3) is 11.6 Å². The summed E-state index contributed by atoms with van der Waals surface area (Å²) in [7, 11) is 1.77. The second kappa shape index (κ2) is 5.83. The van der Waals surface area contributed by atoms with Crippen LogP contribution in [-0.2, 0) is 13.6 Å². The lowest BCUT2D eigenvalue weighted by atomic mass is 10.2. The van der Waals surface area contributed by atoms with E-state index in [9.17, 15) is 14.9 Å². The van der Waals surface area contributed by atoms with Gasteiger partial charge in [0.15, 0.2) is 0 Å². The predicted octanol–water partition coefficient (Wildman–Crippen LogP) is 2.02. The van der Waals surface area contributed by atoms with Crippen LogP contribution >= 0.6 is 15.9 Å². The summed E-state index contributed by atoms with van der Waals surface area (Å²) in [5, 5.41) is 17.5. The van der Waals surface area contributed by atoms with Gasteiger partial charge in [0.05, 0.1) is 22.7 Å². The van der Waals surface area contributed by atoms with Crippen molar-refractivity contribution in [3.63, 3.8) is 0 Å². The van der Waals surface area contributed by atoms with Gasteiger partial charge in [-0.05, 0) is 28.1 Å². The van der Waals surface area contributed by atoms with Gasteiger partial charge in [-0.2, -0.15) is 5.10 Å². The van der Waals surface area contributed by atoms with Gasteiger partial charge in [0.1, 0.15) is 4.47 Å². The van der Waals surface area contributed by atoms with Crippen LogP contribution in [0, 0.1) is 10.1 Å². The summed E-state index contributed by atoms with van der Waals surface area (Å²) in [5.74, 6) is -0.387. The second-order valence-corrected chi connectivity index (χ2v) is 4.82. The highest BCUT2D eigenvalue weighted by Gasteiger charge is 2.19. The Hall–Kier alpha value is -2.22. The molecule has 0 spiro atoms. The molecule has 0 saturated heterocycles. The lowest BCUT2D eigenvalue weighted by molar-refractivity contribution is -0.385. The zero-order chi connectivity index (χ0) is 14.7. The minimum Gasteiger partial charge on any atom is -0.346 e. The number of carbonyl (C=O) groups is 1. The van der Waals surface area contributed by atoms with E-state index in [0.717, 1.165) is 5.69 Å². The normalized spacial score (nSPS) is 10.3. The molecule has 0 bridgehead atoms. The largest absolute Gasteiger partial charge is 0.346 e. The SMILES string of the molecule is Cn1nccc1CNC(=O)c1cccc([N+](=O)[O-])c1Br. The van der Waals surface area contributed by atoms with E-state index in [-0.39, 0.29) is 21.6 Å². The summed E-state index contributed by atoms with van der Waals surface area (Å²) in [6.45, 7) is 0.296. The molecule has 0 saturated carbocycles. The van der Waals surface area contributed by atoms with Crippen molar-refractivity contribution in [1.82, 2.24) is 15.1 Å². The third kappa shape index (κ3) is 2.85. The summed E-state index contributed by atoms with van der Waals surface area (Å²) < 4.78 is 1.82. The second-order valence-electron chi connectivity index (χ2n) is 4.02. The van der Waals surface area contributed by atoms with Gasteiger partial charge in [-0.1, -0.05) is 6.07 Å². The molecular formula is C12H11BrN4O3. The first-order chi connectivity index (χ1) is 9.50. The number of nitro groups is 1. The van der Waals surface area contributed by atoms with Gasteiger partial charge >= 0.3 is 0 Å².